The molecule has 0 unspecified atom stereocenters. The lowest BCUT2D eigenvalue weighted by Crippen LogP contribution is -2.13. The van der Waals surface area contributed by atoms with Gasteiger partial charge in [-0.3, -0.25) is 9.59 Å². The molecule has 0 spiro atoms. The summed E-state index contributed by atoms with van der Waals surface area (Å²) >= 11 is 0. The fourth-order valence-corrected chi connectivity index (χ4v) is 2.85. The number of para-hydroxylation sites is 1. The van der Waals surface area contributed by atoms with Crippen molar-refractivity contribution in [1.29, 1.82) is 5.26 Å². The number of carboxylic acids is 1. The molecule has 0 aliphatic carbocycles. The second-order valence-corrected chi connectivity index (χ2v) is 6.12. The summed E-state index contributed by atoms with van der Waals surface area (Å²) in [4.78, 5) is 23.6. The number of rotatable bonds is 5. The molecule has 6 nitrogen and oxygen atoms in total. The smallest absolute Gasteiger partial charge is 0.323 e. The number of nitriles is 1. The topological polar surface area (TPSA) is 95.1 Å². The number of hydrogen-bond donors (Lipinski definition) is 2. The third-order valence-corrected chi connectivity index (χ3v) is 4.07. The van der Waals surface area contributed by atoms with Gasteiger partial charge < -0.3 is 15.0 Å². The molecule has 0 fully saturated rings. The van der Waals surface area contributed by atoms with E-state index in [-0.39, 0.29) is 12.1 Å². The van der Waals surface area contributed by atoms with Crippen LogP contribution >= 0.6 is 0 Å². The van der Waals surface area contributed by atoms with E-state index in [0.29, 0.717) is 11.3 Å². The van der Waals surface area contributed by atoms with E-state index in [2.05, 4.69) is 5.32 Å². The molecule has 2 N–H and O–H groups in total. The summed E-state index contributed by atoms with van der Waals surface area (Å²) in [5, 5.41) is 22.0. The summed E-state index contributed by atoms with van der Waals surface area (Å²) in [6.45, 7) is 1.72. The van der Waals surface area contributed by atoms with E-state index < -0.39 is 11.9 Å². The number of carbonyl (C=O) groups is 2. The van der Waals surface area contributed by atoms with Crippen LogP contribution in [0, 0.1) is 18.3 Å². The zero-order valence-corrected chi connectivity index (χ0v) is 14.6. The van der Waals surface area contributed by atoms with Gasteiger partial charge in [0.25, 0.3) is 5.91 Å². The van der Waals surface area contributed by atoms with Gasteiger partial charge in [0.15, 0.2) is 0 Å². The molecule has 1 amide bonds. The van der Waals surface area contributed by atoms with Crippen molar-refractivity contribution < 1.29 is 14.7 Å². The number of nitrogens with one attached hydrogen (secondary N) is 1. The average molecular weight is 359 g/mol. The van der Waals surface area contributed by atoms with Crippen molar-refractivity contribution in [2.75, 3.05) is 5.32 Å². The van der Waals surface area contributed by atoms with Crippen LogP contribution in [0.3, 0.4) is 0 Å². The maximum absolute atomic E-state index is 12.4. The Morgan fingerprint density at radius 1 is 1.22 bits per heavy atom. The third-order valence-electron chi connectivity index (χ3n) is 4.07. The summed E-state index contributed by atoms with van der Waals surface area (Å²) in [5.41, 5.74) is 2.88. The zero-order chi connectivity index (χ0) is 19.4. The number of fused-ring (bicyclic) bond motifs is 1. The molecule has 3 aromatic rings. The molecule has 0 aliphatic heterocycles. The predicted molar refractivity (Wildman–Crippen MR) is 103 cm³/mol. The summed E-state index contributed by atoms with van der Waals surface area (Å²) in [6, 6.07) is 16.4. The van der Waals surface area contributed by atoms with E-state index >= 15 is 0 Å². The Bertz CT molecular complexity index is 1090. The Labute approximate surface area is 156 Å². The minimum atomic E-state index is -0.967. The van der Waals surface area contributed by atoms with Crippen LogP contribution in [0.4, 0.5) is 5.69 Å². The normalized spacial score (nSPS) is 11.2. The Kier molecular flexibility index (Phi) is 5.04. The zero-order valence-electron chi connectivity index (χ0n) is 14.6. The first-order chi connectivity index (χ1) is 13.0. The van der Waals surface area contributed by atoms with Gasteiger partial charge in [-0.15, -0.1) is 0 Å². The van der Waals surface area contributed by atoms with E-state index in [0.717, 1.165) is 16.5 Å². The quantitative estimate of drug-likeness (QED) is 0.538. The van der Waals surface area contributed by atoms with Crippen molar-refractivity contribution in [3.8, 4) is 6.07 Å². The number of aromatic nitrogens is 1. The van der Waals surface area contributed by atoms with Gasteiger partial charge in [-0.2, -0.15) is 5.26 Å². The second-order valence-electron chi connectivity index (χ2n) is 6.12. The number of anilines is 1. The first-order valence-corrected chi connectivity index (χ1v) is 8.27. The van der Waals surface area contributed by atoms with Crippen molar-refractivity contribution in [3.05, 3.63) is 71.4 Å². The number of carbonyl (C=O) groups excluding carboxylic acids is 1. The molecule has 0 saturated heterocycles. The molecule has 0 saturated carbocycles. The molecule has 134 valence electrons. The fraction of sp³-hybridized carbons (Fsp3) is 0.0952. The van der Waals surface area contributed by atoms with Gasteiger partial charge in [-0.05, 0) is 37.3 Å². The molecule has 0 aliphatic rings. The second kappa shape index (κ2) is 7.58. The molecule has 6 heteroatoms. The van der Waals surface area contributed by atoms with Crippen LogP contribution in [-0.2, 0) is 16.1 Å². The highest BCUT2D eigenvalue weighted by atomic mass is 16.4. The monoisotopic (exact) mass is 359 g/mol. The van der Waals surface area contributed by atoms with Crippen molar-refractivity contribution in [1.82, 2.24) is 4.57 Å². The van der Waals surface area contributed by atoms with E-state index in [1.807, 2.05) is 37.3 Å². The Hall–Kier alpha value is -3.85. The molecule has 3 rings (SSSR count). The highest BCUT2D eigenvalue weighted by Crippen LogP contribution is 2.25. The van der Waals surface area contributed by atoms with Crippen molar-refractivity contribution >= 4 is 34.5 Å². The molecule has 1 heterocycles. The summed E-state index contributed by atoms with van der Waals surface area (Å²) in [6.07, 6.45) is 3.13. The van der Waals surface area contributed by atoms with E-state index in [1.165, 1.54) is 6.08 Å². The molecule has 0 radical (unpaired) electrons. The lowest BCUT2D eigenvalue weighted by Gasteiger charge is -2.03. The SMILES string of the molecule is Cc1ccc2c(c1)c(C=C(C#N)C(=O)Nc1ccccc1)cn2CC(=O)O. The van der Waals surface area contributed by atoms with Crippen LogP contribution in [0.25, 0.3) is 17.0 Å². The van der Waals surface area contributed by atoms with Crippen LogP contribution in [0.1, 0.15) is 11.1 Å². The Morgan fingerprint density at radius 2 is 1.96 bits per heavy atom. The molecule has 2 aromatic carbocycles. The standard InChI is InChI=1S/C21H17N3O3/c1-14-7-8-19-18(9-14)16(12-24(19)13-20(25)26)10-15(11-22)21(27)23-17-5-3-2-4-6-17/h2-10,12H,13H2,1H3,(H,23,27)(H,25,26). The maximum atomic E-state index is 12.4. The number of hydrogen-bond acceptors (Lipinski definition) is 3. The summed E-state index contributed by atoms with van der Waals surface area (Å²) in [7, 11) is 0. The summed E-state index contributed by atoms with van der Waals surface area (Å²) in [5.74, 6) is -1.49. The molecule has 0 bridgehead atoms. The van der Waals surface area contributed by atoms with Gasteiger partial charge >= 0.3 is 5.97 Å². The van der Waals surface area contributed by atoms with E-state index in [4.69, 9.17) is 5.11 Å². The van der Waals surface area contributed by atoms with E-state index in [1.54, 1.807) is 35.0 Å². The molecule has 1 aromatic heterocycles. The molecular formula is C21H17N3O3. The number of benzene rings is 2. The predicted octanol–water partition coefficient (Wildman–Crippen LogP) is 3.58. The fourth-order valence-electron chi connectivity index (χ4n) is 2.85. The highest BCUT2D eigenvalue weighted by Gasteiger charge is 2.14. The van der Waals surface area contributed by atoms with Gasteiger partial charge in [-0.1, -0.05) is 29.8 Å². The first-order valence-electron chi connectivity index (χ1n) is 8.27. The highest BCUT2D eigenvalue weighted by molar-refractivity contribution is 6.10. The minimum absolute atomic E-state index is 0.0604. The minimum Gasteiger partial charge on any atom is -0.480 e. The van der Waals surface area contributed by atoms with Crippen molar-refractivity contribution in [2.45, 2.75) is 13.5 Å². The number of nitrogens with zero attached hydrogens (tertiary/aromatic N) is 2. The van der Waals surface area contributed by atoms with Crippen LogP contribution in [0.15, 0.2) is 60.3 Å². The average Bonchev–Trinajstić information content (AvgIpc) is 2.96. The number of carboxylic acid groups (broad SMARTS) is 1. The molecule has 27 heavy (non-hydrogen) atoms. The Morgan fingerprint density at radius 3 is 2.63 bits per heavy atom. The van der Waals surface area contributed by atoms with Crippen molar-refractivity contribution in [2.24, 2.45) is 0 Å². The van der Waals surface area contributed by atoms with Crippen LogP contribution in [0.5, 0.6) is 0 Å². The first kappa shape index (κ1) is 18.0. The molecule has 0 atom stereocenters. The number of amides is 1. The van der Waals surface area contributed by atoms with E-state index in [9.17, 15) is 14.9 Å². The van der Waals surface area contributed by atoms with Crippen molar-refractivity contribution in [3.63, 3.8) is 0 Å². The lowest BCUT2D eigenvalue weighted by atomic mass is 10.1. The van der Waals surface area contributed by atoms with Crippen LogP contribution in [0.2, 0.25) is 0 Å². The van der Waals surface area contributed by atoms with Gasteiger partial charge in [-0.25, -0.2) is 0 Å². The summed E-state index contributed by atoms with van der Waals surface area (Å²) < 4.78 is 1.59. The third kappa shape index (κ3) is 4.05. The number of aryl methyl sites for hydroxylation is 1. The number of aliphatic carboxylic acids is 1. The largest absolute Gasteiger partial charge is 0.480 e. The van der Waals surface area contributed by atoms with Gasteiger partial charge in [0.1, 0.15) is 18.2 Å². The van der Waals surface area contributed by atoms with Crippen LogP contribution in [-0.4, -0.2) is 21.6 Å². The maximum Gasteiger partial charge on any atom is 0.323 e. The van der Waals surface area contributed by atoms with Gasteiger partial charge in [0, 0.05) is 28.4 Å². The lowest BCUT2D eigenvalue weighted by molar-refractivity contribution is -0.137. The molecular weight excluding hydrogens is 342 g/mol. The van der Waals surface area contributed by atoms with Crippen LogP contribution < -0.4 is 5.32 Å². The van der Waals surface area contributed by atoms with Gasteiger partial charge in [0.05, 0.1) is 0 Å². The van der Waals surface area contributed by atoms with Gasteiger partial charge in [0.2, 0.25) is 0 Å². The Balaban J connectivity index is 2.02.